The molecule has 7 nitrogen and oxygen atoms in total. The fourth-order valence-electron chi connectivity index (χ4n) is 3.01. The Hall–Kier alpha value is -2.82. The van der Waals surface area contributed by atoms with E-state index in [1.165, 1.54) is 12.1 Å². The molecule has 0 bridgehead atoms. The van der Waals surface area contributed by atoms with Crippen LogP contribution in [0.5, 0.6) is 11.5 Å². The monoisotopic (exact) mass is 538 g/mol. The van der Waals surface area contributed by atoms with Crippen LogP contribution in [-0.2, 0) is 13.0 Å². The number of ether oxygens (including phenoxy) is 2. The Kier molecular flexibility index (Phi) is 8.10. The molecule has 0 aliphatic carbocycles. The Morgan fingerprint density at radius 2 is 1.90 bits per heavy atom. The van der Waals surface area contributed by atoms with Gasteiger partial charge >= 0.3 is 0 Å². The SMILES string of the molecule is CCNC(=NCc1ccc2c(c1)OCO2)NCCc1coc(-c2ccc(F)cc2)n1.I. The van der Waals surface area contributed by atoms with Gasteiger partial charge in [0.1, 0.15) is 12.1 Å². The number of nitrogens with one attached hydrogen (secondary N) is 2. The highest BCUT2D eigenvalue weighted by atomic mass is 127. The average Bonchev–Trinajstić information content (AvgIpc) is 3.41. The molecule has 31 heavy (non-hydrogen) atoms. The minimum absolute atomic E-state index is 0. The Morgan fingerprint density at radius 3 is 2.71 bits per heavy atom. The van der Waals surface area contributed by atoms with E-state index in [2.05, 4.69) is 20.6 Å². The highest BCUT2D eigenvalue weighted by molar-refractivity contribution is 14.0. The molecule has 9 heteroatoms. The number of hydrogen-bond donors (Lipinski definition) is 2. The van der Waals surface area contributed by atoms with Crippen molar-refractivity contribution >= 4 is 29.9 Å². The van der Waals surface area contributed by atoms with E-state index in [1.807, 2.05) is 25.1 Å². The van der Waals surface area contributed by atoms with Crippen LogP contribution in [0.25, 0.3) is 11.5 Å². The lowest BCUT2D eigenvalue weighted by atomic mass is 10.2. The van der Waals surface area contributed by atoms with Crippen molar-refractivity contribution in [2.45, 2.75) is 19.9 Å². The van der Waals surface area contributed by atoms with E-state index in [4.69, 9.17) is 13.9 Å². The maximum Gasteiger partial charge on any atom is 0.231 e. The molecular formula is C22H24FIN4O3. The summed E-state index contributed by atoms with van der Waals surface area (Å²) in [6.07, 6.45) is 2.29. The normalized spacial score (nSPS) is 12.4. The summed E-state index contributed by atoms with van der Waals surface area (Å²) in [5.74, 6) is 2.43. The number of hydrogen-bond acceptors (Lipinski definition) is 5. The second-order valence-electron chi connectivity index (χ2n) is 6.71. The lowest BCUT2D eigenvalue weighted by Gasteiger charge is -2.10. The molecule has 3 aromatic rings. The van der Waals surface area contributed by atoms with Gasteiger partial charge in [0.05, 0.1) is 12.2 Å². The molecule has 1 aliphatic rings. The van der Waals surface area contributed by atoms with Gasteiger partial charge in [0.25, 0.3) is 0 Å². The summed E-state index contributed by atoms with van der Waals surface area (Å²) in [5.41, 5.74) is 2.60. The molecule has 0 saturated carbocycles. The van der Waals surface area contributed by atoms with Crippen molar-refractivity contribution in [3.05, 3.63) is 65.8 Å². The number of aromatic nitrogens is 1. The molecule has 164 valence electrons. The first-order chi connectivity index (χ1) is 14.7. The van der Waals surface area contributed by atoms with Crippen LogP contribution in [0, 0.1) is 5.82 Å². The van der Waals surface area contributed by atoms with Crippen LogP contribution in [0.15, 0.2) is 58.1 Å². The summed E-state index contributed by atoms with van der Waals surface area (Å²) in [6.45, 7) is 4.19. The van der Waals surface area contributed by atoms with Gasteiger partial charge < -0.3 is 24.5 Å². The molecule has 2 aromatic carbocycles. The Labute approximate surface area is 197 Å². The maximum atomic E-state index is 13.1. The van der Waals surface area contributed by atoms with Crippen molar-refractivity contribution in [2.75, 3.05) is 19.9 Å². The van der Waals surface area contributed by atoms with Crippen molar-refractivity contribution in [3.63, 3.8) is 0 Å². The molecule has 0 atom stereocenters. The molecule has 0 saturated heterocycles. The number of guanidine groups is 1. The largest absolute Gasteiger partial charge is 0.454 e. The molecule has 0 spiro atoms. The molecule has 0 radical (unpaired) electrons. The fraction of sp³-hybridized carbons (Fsp3) is 0.273. The number of fused-ring (bicyclic) bond motifs is 1. The third-order valence-corrected chi connectivity index (χ3v) is 4.52. The predicted molar refractivity (Wildman–Crippen MR) is 126 cm³/mol. The van der Waals surface area contributed by atoms with Crippen molar-refractivity contribution < 1.29 is 18.3 Å². The second-order valence-corrected chi connectivity index (χ2v) is 6.71. The first kappa shape index (κ1) is 22.9. The fourth-order valence-corrected chi connectivity index (χ4v) is 3.01. The first-order valence-corrected chi connectivity index (χ1v) is 9.82. The van der Waals surface area contributed by atoms with E-state index in [0.717, 1.165) is 40.8 Å². The van der Waals surface area contributed by atoms with Gasteiger partial charge in [-0.1, -0.05) is 6.07 Å². The van der Waals surface area contributed by atoms with E-state index in [-0.39, 0.29) is 36.6 Å². The lowest BCUT2D eigenvalue weighted by Crippen LogP contribution is -2.38. The van der Waals surface area contributed by atoms with Gasteiger partial charge in [-0.3, -0.25) is 0 Å². The molecular weight excluding hydrogens is 514 g/mol. The van der Waals surface area contributed by atoms with Gasteiger partial charge in [-0.15, -0.1) is 24.0 Å². The molecule has 1 aliphatic heterocycles. The molecule has 0 amide bonds. The van der Waals surface area contributed by atoms with Gasteiger partial charge in [-0.2, -0.15) is 0 Å². The molecule has 0 unspecified atom stereocenters. The topological polar surface area (TPSA) is 80.9 Å². The smallest absolute Gasteiger partial charge is 0.231 e. The Bertz CT molecular complexity index is 1020. The van der Waals surface area contributed by atoms with Crippen LogP contribution in [0.4, 0.5) is 4.39 Å². The van der Waals surface area contributed by atoms with E-state index in [0.29, 0.717) is 25.4 Å². The lowest BCUT2D eigenvalue weighted by molar-refractivity contribution is 0.174. The van der Waals surface area contributed by atoms with E-state index >= 15 is 0 Å². The van der Waals surface area contributed by atoms with Crippen molar-refractivity contribution in [3.8, 4) is 23.0 Å². The minimum atomic E-state index is -0.286. The number of nitrogens with zero attached hydrogens (tertiary/aromatic N) is 2. The summed E-state index contributed by atoms with van der Waals surface area (Å²) in [7, 11) is 0. The standard InChI is InChI=1S/C22H23FN4O3.HI/c1-2-24-22(26-12-15-3-8-19-20(11-15)30-14-29-19)25-10-9-18-13-28-21(27-18)16-4-6-17(23)7-5-16;/h3-8,11,13H,2,9-10,12,14H2,1H3,(H2,24,25,26);1H. The van der Waals surface area contributed by atoms with E-state index in [9.17, 15) is 4.39 Å². The molecule has 1 aromatic heterocycles. The number of halogens is 2. The molecule has 2 heterocycles. The van der Waals surface area contributed by atoms with Crippen LogP contribution in [0.3, 0.4) is 0 Å². The number of benzene rings is 2. The second kappa shape index (κ2) is 11.0. The number of oxazole rings is 1. The third kappa shape index (κ3) is 6.09. The summed E-state index contributed by atoms with van der Waals surface area (Å²) >= 11 is 0. The van der Waals surface area contributed by atoms with Crippen molar-refractivity contribution in [1.82, 2.24) is 15.6 Å². The Balaban J connectivity index is 0.00000272. The summed E-state index contributed by atoms with van der Waals surface area (Å²) in [5, 5.41) is 6.53. The molecule has 0 fully saturated rings. The minimum Gasteiger partial charge on any atom is -0.454 e. The first-order valence-electron chi connectivity index (χ1n) is 9.82. The van der Waals surface area contributed by atoms with E-state index < -0.39 is 0 Å². The highest BCUT2D eigenvalue weighted by Crippen LogP contribution is 2.32. The van der Waals surface area contributed by atoms with Crippen LogP contribution < -0.4 is 20.1 Å². The summed E-state index contributed by atoms with van der Waals surface area (Å²) in [6, 6.07) is 11.9. The highest BCUT2D eigenvalue weighted by Gasteiger charge is 2.13. The van der Waals surface area contributed by atoms with Gasteiger partial charge in [-0.05, 0) is 48.9 Å². The number of aliphatic imine (C=N–C) groups is 1. The maximum absolute atomic E-state index is 13.1. The summed E-state index contributed by atoms with van der Waals surface area (Å²) in [4.78, 5) is 9.08. The predicted octanol–water partition coefficient (Wildman–Crippen LogP) is 4.13. The zero-order valence-electron chi connectivity index (χ0n) is 17.1. The van der Waals surface area contributed by atoms with E-state index in [1.54, 1.807) is 18.4 Å². The van der Waals surface area contributed by atoms with Crippen LogP contribution in [-0.4, -0.2) is 30.8 Å². The molecule has 2 N–H and O–H groups in total. The van der Waals surface area contributed by atoms with Crippen LogP contribution in [0.1, 0.15) is 18.2 Å². The van der Waals surface area contributed by atoms with Gasteiger partial charge in [0.15, 0.2) is 17.5 Å². The quantitative estimate of drug-likeness (QED) is 0.268. The van der Waals surface area contributed by atoms with Crippen molar-refractivity contribution in [1.29, 1.82) is 0 Å². The van der Waals surface area contributed by atoms with Gasteiger partial charge in [0.2, 0.25) is 12.7 Å². The zero-order chi connectivity index (χ0) is 20.8. The van der Waals surface area contributed by atoms with Crippen molar-refractivity contribution in [2.24, 2.45) is 4.99 Å². The third-order valence-electron chi connectivity index (χ3n) is 4.52. The molecule has 4 rings (SSSR count). The Morgan fingerprint density at radius 1 is 1.10 bits per heavy atom. The van der Waals surface area contributed by atoms with Gasteiger partial charge in [0, 0.05) is 25.1 Å². The summed E-state index contributed by atoms with van der Waals surface area (Å²) < 4.78 is 29.3. The van der Waals surface area contributed by atoms with Crippen LogP contribution in [0.2, 0.25) is 0 Å². The zero-order valence-corrected chi connectivity index (χ0v) is 19.4. The number of rotatable bonds is 7. The average molecular weight is 538 g/mol. The van der Waals surface area contributed by atoms with Crippen LogP contribution >= 0.6 is 24.0 Å². The van der Waals surface area contributed by atoms with Gasteiger partial charge in [-0.25, -0.2) is 14.4 Å².